The highest BCUT2D eigenvalue weighted by Gasteiger charge is 2.07. The number of hydrogen-bond donors (Lipinski definition) is 2. The Morgan fingerprint density at radius 3 is 2.19 bits per heavy atom. The number of benzene rings is 1. The number of rotatable bonds is 5. The standard InChI is InChI=1S/C14H23NO/c1-5-13(9-16)15-8-14-11(3)6-10(2)7-12(14)4/h6-7,13,15-16H,5,8-9H2,1-4H3. The molecule has 0 fully saturated rings. The molecule has 0 aliphatic rings. The smallest absolute Gasteiger partial charge is 0.0584 e. The van der Waals surface area contributed by atoms with E-state index in [4.69, 9.17) is 5.11 Å². The van der Waals surface area contributed by atoms with Crippen molar-refractivity contribution >= 4 is 0 Å². The van der Waals surface area contributed by atoms with Gasteiger partial charge in [-0.25, -0.2) is 0 Å². The molecule has 0 amide bonds. The summed E-state index contributed by atoms with van der Waals surface area (Å²) in [5, 5.41) is 12.5. The van der Waals surface area contributed by atoms with E-state index in [1.165, 1.54) is 22.3 Å². The molecule has 2 nitrogen and oxygen atoms in total. The summed E-state index contributed by atoms with van der Waals surface area (Å²) in [4.78, 5) is 0. The summed E-state index contributed by atoms with van der Waals surface area (Å²) in [6, 6.07) is 4.63. The van der Waals surface area contributed by atoms with E-state index in [0.717, 1.165) is 13.0 Å². The van der Waals surface area contributed by atoms with Gasteiger partial charge in [0.1, 0.15) is 0 Å². The van der Waals surface area contributed by atoms with Crippen molar-refractivity contribution in [2.45, 2.75) is 46.7 Å². The molecule has 0 aromatic heterocycles. The molecule has 1 aromatic carbocycles. The summed E-state index contributed by atoms with van der Waals surface area (Å²) >= 11 is 0. The first kappa shape index (κ1) is 13.2. The van der Waals surface area contributed by atoms with E-state index < -0.39 is 0 Å². The highest BCUT2D eigenvalue weighted by molar-refractivity contribution is 5.37. The Labute approximate surface area is 98.7 Å². The Morgan fingerprint density at radius 2 is 1.75 bits per heavy atom. The normalized spacial score (nSPS) is 12.8. The number of nitrogens with one attached hydrogen (secondary N) is 1. The molecule has 1 aromatic rings. The van der Waals surface area contributed by atoms with Crippen LogP contribution in [0.1, 0.15) is 35.6 Å². The van der Waals surface area contributed by atoms with Crippen molar-refractivity contribution in [1.82, 2.24) is 5.32 Å². The number of aryl methyl sites for hydroxylation is 3. The summed E-state index contributed by atoms with van der Waals surface area (Å²) in [6.45, 7) is 9.56. The Morgan fingerprint density at radius 1 is 1.19 bits per heavy atom. The molecule has 0 heterocycles. The molecule has 2 N–H and O–H groups in total. The van der Waals surface area contributed by atoms with Crippen LogP contribution in [0.25, 0.3) is 0 Å². The molecule has 16 heavy (non-hydrogen) atoms. The summed E-state index contributed by atoms with van der Waals surface area (Å²) < 4.78 is 0. The van der Waals surface area contributed by atoms with Gasteiger partial charge in [0.15, 0.2) is 0 Å². The highest BCUT2D eigenvalue weighted by atomic mass is 16.3. The third-order valence-corrected chi connectivity index (χ3v) is 3.12. The molecule has 0 saturated carbocycles. The van der Waals surface area contributed by atoms with Gasteiger partial charge in [-0.2, -0.15) is 0 Å². The first-order chi connectivity index (χ1) is 7.58. The predicted molar refractivity (Wildman–Crippen MR) is 68.7 cm³/mol. The Hall–Kier alpha value is -0.860. The van der Waals surface area contributed by atoms with Gasteiger partial charge >= 0.3 is 0 Å². The van der Waals surface area contributed by atoms with Gasteiger partial charge in [-0.1, -0.05) is 24.6 Å². The number of aliphatic hydroxyl groups excluding tert-OH is 1. The van der Waals surface area contributed by atoms with Gasteiger partial charge in [-0.15, -0.1) is 0 Å². The van der Waals surface area contributed by atoms with Crippen molar-refractivity contribution in [2.24, 2.45) is 0 Å². The number of aliphatic hydroxyl groups is 1. The van der Waals surface area contributed by atoms with Crippen LogP contribution in [-0.4, -0.2) is 17.8 Å². The van der Waals surface area contributed by atoms with Gasteiger partial charge in [0, 0.05) is 12.6 Å². The molecule has 1 atom stereocenters. The van der Waals surface area contributed by atoms with Crippen LogP contribution in [0, 0.1) is 20.8 Å². The van der Waals surface area contributed by atoms with Crippen LogP contribution in [0.15, 0.2) is 12.1 Å². The fraction of sp³-hybridized carbons (Fsp3) is 0.571. The van der Waals surface area contributed by atoms with Gasteiger partial charge in [0.25, 0.3) is 0 Å². The van der Waals surface area contributed by atoms with E-state index in [0.29, 0.717) is 0 Å². The van der Waals surface area contributed by atoms with Gasteiger partial charge in [-0.05, 0) is 43.9 Å². The summed E-state index contributed by atoms with van der Waals surface area (Å²) in [5.74, 6) is 0. The Balaban J connectivity index is 2.74. The molecule has 0 bridgehead atoms. The van der Waals surface area contributed by atoms with E-state index in [1.54, 1.807) is 0 Å². The molecule has 2 heteroatoms. The lowest BCUT2D eigenvalue weighted by molar-refractivity contribution is 0.238. The van der Waals surface area contributed by atoms with Crippen LogP contribution in [0.3, 0.4) is 0 Å². The molecule has 0 aliphatic heterocycles. The van der Waals surface area contributed by atoms with Crippen molar-refractivity contribution in [3.05, 3.63) is 34.4 Å². The zero-order valence-electron chi connectivity index (χ0n) is 10.8. The molecular formula is C14H23NO. The van der Waals surface area contributed by atoms with Crippen LogP contribution in [0.5, 0.6) is 0 Å². The third kappa shape index (κ3) is 3.32. The minimum atomic E-state index is 0.208. The molecule has 0 saturated heterocycles. The van der Waals surface area contributed by atoms with Crippen molar-refractivity contribution in [1.29, 1.82) is 0 Å². The second kappa shape index (κ2) is 6.02. The Kier molecular flexibility index (Phi) is 4.97. The van der Waals surface area contributed by atoms with Crippen molar-refractivity contribution in [2.75, 3.05) is 6.61 Å². The van der Waals surface area contributed by atoms with E-state index in [2.05, 4.69) is 45.1 Å². The maximum atomic E-state index is 9.12. The van der Waals surface area contributed by atoms with E-state index >= 15 is 0 Å². The first-order valence-electron chi connectivity index (χ1n) is 5.99. The van der Waals surface area contributed by atoms with Crippen molar-refractivity contribution in [3.8, 4) is 0 Å². The lowest BCUT2D eigenvalue weighted by Crippen LogP contribution is -2.31. The van der Waals surface area contributed by atoms with Crippen molar-refractivity contribution in [3.63, 3.8) is 0 Å². The van der Waals surface area contributed by atoms with Crippen LogP contribution < -0.4 is 5.32 Å². The largest absolute Gasteiger partial charge is 0.395 e. The number of hydrogen-bond acceptors (Lipinski definition) is 2. The average Bonchev–Trinajstić information content (AvgIpc) is 2.22. The second-order valence-corrected chi connectivity index (χ2v) is 4.55. The maximum Gasteiger partial charge on any atom is 0.0584 e. The fourth-order valence-corrected chi connectivity index (χ4v) is 2.07. The van der Waals surface area contributed by atoms with Crippen LogP contribution in [-0.2, 0) is 6.54 Å². The zero-order chi connectivity index (χ0) is 12.1. The van der Waals surface area contributed by atoms with E-state index in [-0.39, 0.29) is 12.6 Å². The molecular weight excluding hydrogens is 198 g/mol. The van der Waals surface area contributed by atoms with Gasteiger partial charge in [0.05, 0.1) is 6.61 Å². The van der Waals surface area contributed by atoms with E-state index in [1.807, 2.05) is 0 Å². The molecule has 90 valence electrons. The van der Waals surface area contributed by atoms with Crippen LogP contribution >= 0.6 is 0 Å². The highest BCUT2D eigenvalue weighted by Crippen LogP contribution is 2.16. The SMILES string of the molecule is CCC(CO)NCc1c(C)cc(C)cc1C. The van der Waals surface area contributed by atoms with Crippen LogP contribution in [0.2, 0.25) is 0 Å². The Bertz CT molecular complexity index is 320. The topological polar surface area (TPSA) is 32.3 Å². The maximum absolute atomic E-state index is 9.12. The summed E-state index contributed by atoms with van der Waals surface area (Å²) in [5.41, 5.74) is 5.33. The van der Waals surface area contributed by atoms with E-state index in [9.17, 15) is 0 Å². The van der Waals surface area contributed by atoms with Crippen molar-refractivity contribution < 1.29 is 5.11 Å². The molecule has 1 rings (SSSR count). The molecule has 0 aliphatic carbocycles. The van der Waals surface area contributed by atoms with Crippen LogP contribution in [0.4, 0.5) is 0 Å². The molecule has 0 radical (unpaired) electrons. The summed E-state index contributed by atoms with van der Waals surface area (Å²) in [7, 11) is 0. The first-order valence-corrected chi connectivity index (χ1v) is 5.99. The molecule has 1 unspecified atom stereocenters. The minimum absolute atomic E-state index is 0.208. The van der Waals surface area contributed by atoms with Gasteiger partial charge in [0.2, 0.25) is 0 Å². The predicted octanol–water partition coefficient (Wildman–Crippen LogP) is 2.47. The second-order valence-electron chi connectivity index (χ2n) is 4.55. The lowest BCUT2D eigenvalue weighted by atomic mass is 9.99. The monoisotopic (exact) mass is 221 g/mol. The average molecular weight is 221 g/mol. The lowest BCUT2D eigenvalue weighted by Gasteiger charge is -2.17. The van der Waals surface area contributed by atoms with Gasteiger partial charge in [-0.3, -0.25) is 0 Å². The summed E-state index contributed by atoms with van der Waals surface area (Å²) in [6.07, 6.45) is 0.959. The zero-order valence-corrected chi connectivity index (χ0v) is 10.8. The quantitative estimate of drug-likeness (QED) is 0.800. The minimum Gasteiger partial charge on any atom is -0.395 e. The molecule has 0 spiro atoms. The van der Waals surface area contributed by atoms with Gasteiger partial charge < -0.3 is 10.4 Å². The third-order valence-electron chi connectivity index (χ3n) is 3.12. The fourth-order valence-electron chi connectivity index (χ4n) is 2.07.